The molecule has 0 saturated heterocycles. The van der Waals surface area contributed by atoms with Crippen LogP contribution in [0.3, 0.4) is 0 Å². The third kappa shape index (κ3) is 7.76. The third-order valence-electron chi connectivity index (χ3n) is 8.95. The van der Waals surface area contributed by atoms with Crippen LogP contribution in [0.2, 0.25) is 0 Å². The minimum atomic E-state index is -0.148. The van der Waals surface area contributed by atoms with Crippen LogP contribution in [0.1, 0.15) is 96.7 Å². The van der Waals surface area contributed by atoms with Crippen molar-refractivity contribution in [2.45, 2.75) is 79.1 Å². The molecule has 0 aromatic heterocycles. The van der Waals surface area contributed by atoms with Crippen LogP contribution in [0.4, 0.5) is 0 Å². The quantitative estimate of drug-likeness (QED) is 0.142. The van der Waals surface area contributed by atoms with E-state index in [1.807, 2.05) is 44.2 Å². The summed E-state index contributed by atoms with van der Waals surface area (Å²) in [5, 5.41) is 0. The van der Waals surface area contributed by atoms with Crippen molar-refractivity contribution in [2.24, 2.45) is 17.8 Å². The van der Waals surface area contributed by atoms with Gasteiger partial charge in [-0.25, -0.2) is 0 Å². The maximum atomic E-state index is 13.6. The van der Waals surface area contributed by atoms with Crippen LogP contribution in [-0.4, -0.2) is 30.2 Å². The molecule has 0 spiro atoms. The molecule has 0 N–H and O–H groups in total. The number of carbonyl (C=O) groups excluding carboxylic acids is 4. The average Bonchev–Trinajstić information content (AvgIpc) is 2.98. The number of ketones is 4. The number of ether oxygens (including phenoxy) is 1. The van der Waals surface area contributed by atoms with Crippen molar-refractivity contribution in [1.29, 1.82) is 0 Å². The van der Waals surface area contributed by atoms with Crippen LogP contribution in [0.15, 0.2) is 60.7 Å². The summed E-state index contributed by atoms with van der Waals surface area (Å²) in [5.41, 5.74) is 6.58. The molecule has 0 aliphatic heterocycles. The molecule has 5 nitrogen and oxygen atoms in total. The molecule has 0 fully saturated rings. The van der Waals surface area contributed by atoms with Crippen LogP contribution in [-0.2, 0) is 22.4 Å². The summed E-state index contributed by atoms with van der Waals surface area (Å²) < 4.78 is 5.19. The number of carbonyl (C=O) groups is 4. The normalized spacial score (nSPS) is 15.8. The van der Waals surface area contributed by atoms with Gasteiger partial charge in [-0.05, 0) is 97.0 Å². The van der Waals surface area contributed by atoms with Gasteiger partial charge in [-0.2, -0.15) is 0 Å². The summed E-state index contributed by atoms with van der Waals surface area (Å²) in [5.74, 6) is 1.06. The van der Waals surface area contributed by atoms with Gasteiger partial charge in [0.15, 0.2) is 11.6 Å². The molecule has 3 unspecified atom stereocenters. The van der Waals surface area contributed by atoms with E-state index < -0.39 is 0 Å². The summed E-state index contributed by atoms with van der Waals surface area (Å²) in [6.07, 6.45) is 4.97. The van der Waals surface area contributed by atoms with E-state index in [1.165, 1.54) is 6.92 Å². The first kappa shape index (κ1) is 32.1. The standard InChI is InChI=1S/C38H44O5/c1-6-8-30(32(7-2)36(41)19-25(4)39)20-27-21-34-33(18-9-24(3)38(34)37(42)23-27)28-12-10-26(11-13-28)22-35(40)29-14-16-31(43-5)17-15-29/h9-18,27,30,32H,6-8,19-23H2,1-5H3. The number of benzene rings is 3. The van der Waals surface area contributed by atoms with Crippen molar-refractivity contribution < 1.29 is 23.9 Å². The van der Waals surface area contributed by atoms with Crippen molar-refractivity contribution in [3.63, 3.8) is 0 Å². The van der Waals surface area contributed by atoms with Gasteiger partial charge in [0, 0.05) is 29.9 Å². The Morgan fingerprint density at radius 2 is 1.63 bits per heavy atom. The highest BCUT2D eigenvalue weighted by molar-refractivity contribution is 6.02. The van der Waals surface area contributed by atoms with E-state index in [9.17, 15) is 19.2 Å². The number of fused-ring (bicyclic) bond motifs is 1. The van der Waals surface area contributed by atoms with Crippen molar-refractivity contribution in [2.75, 3.05) is 7.11 Å². The second kappa shape index (κ2) is 14.5. The van der Waals surface area contributed by atoms with E-state index >= 15 is 0 Å². The number of aryl methyl sites for hydroxylation is 1. The average molecular weight is 581 g/mol. The Labute approximate surface area is 256 Å². The summed E-state index contributed by atoms with van der Waals surface area (Å²) in [7, 11) is 1.60. The summed E-state index contributed by atoms with van der Waals surface area (Å²) in [6.45, 7) is 7.64. The fraction of sp³-hybridized carbons (Fsp3) is 0.421. The molecule has 43 heavy (non-hydrogen) atoms. The predicted molar refractivity (Wildman–Crippen MR) is 171 cm³/mol. The lowest BCUT2D eigenvalue weighted by Crippen LogP contribution is -2.30. The van der Waals surface area contributed by atoms with E-state index in [0.717, 1.165) is 64.8 Å². The third-order valence-corrected chi connectivity index (χ3v) is 8.95. The van der Waals surface area contributed by atoms with Gasteiger partial charge in [0.25, 0.3) is 0 Å². The second-order valence-electron chi connectivity index (χ2n) is 12.2. The molecule has 0 radical (unpaired) electrons. The molecule has 3 atom stereocenters. The summed E-state index contributed by atoms with van der Waals surface area (Å²) in [4.78, 5) is 51.1. The first-order valence-electron chi connectivity index (χ1n) is 15.6. The molecule has 0 bridgehead atoms. The van der Waals surface area contributed by atoms with Gasteiger partial charge >= 0.3 is 0 Å². The molecule has 4 rings (SSSR count). The van der Waals surface area contributed by atoms with Gasteiger partial charge in [0.2, 0.25) is 0 Å². The lowest BCUT2D eigenvalue weighted by atomic mass is 9.71. The molecule has 1 aliphatic carbocycles. The molecule has 0 saturated carbocycles. The van der Waals surface area contributed by atoms with Crippen LogP contribution >= 0.6 is 0 Å². The van der Waals surface area contributed by atoms with Crippen LogP contribution < -0.4 is 4.74 Å². The van der Waals surface area contributed by atoms with Crippen molar-refractivity contribution in [3.05, 3.63) is 88.5 Å². The zero-order chi connectivity index (χ0) is 31.1. The predicted octanol–water partition coefficient (Wildman–Crippen LogP) is 8.22. The highest BCUT2D eigenvalue weighted by atomic mass is 16.5. The number of hydrogen-bond acceptors (Lipinski definition) is 5. The van der Waals surface area contributed by atoms with Gasteiger partial charge < -0.3 is 4.74 Å². The Morgan fingerprint density at radius 1 is 0.930 bits per heavy atom. The monoisotopic (exact) mass is 580 g/mol. The molecule has 5 heteroatoms. The van der Waals surface area contributed by atoms with E-state index in [4.69, 9.17) is 4.74 Å². The Morgan fingerprint density at radius 3 is 2.23 bits per heavy atom. The lowest BCUT2D eigenvalue weighted by Gasteiger charge is -2.32. The summed E-state index contributed by atoms with van der Waals surface area (Å²) >= 11 is 0. The Hall–Kier alpha value is -3.86. The Bertz CT molecular complexity index is 1470. The molecular formula is C38H44O5. The Balaban J connectivity index is 1.56. The van der Waals surface area contributed by atoms with Gasteiger partial charge in [0.05, 0.1) is 13.5 Å². The van der Waals surface area contributed by atoms with E-state index in [2.05, 4.69) is 13.0 Å². The van der Waals surface area contributed by atoms with Crippen molar-refractivity contribution in [1.82, 2.24) is 0 Å². The number of hydrogen-bond donors (Lipinski definition) is 0. The summed E-state index contributed by atoms with van der Waals surface area (Å²) in [6, 6.07) is 19.4. The fourth-order valence-corrected chi connectivity index (χ4v) is 6.88. The maximum absolute atomic E-state index is 13.6. The first-order chi connectivity index (χ1) is 20.6. The number of methoxy groups -OCH3 is 1. The largest absolute Gasteiger partial charge is 0.497 e. The number of rotatable bonds is 14. The molecule has 0 heterocycles. The van der Waals surface area contributed by atoms with Crippen LogP contribution in [0.5, 0.6) is 5.75 Å². The smallest absolute Gasteiger partial charge is 0.167 e. The molecular weight excluding hydrogens is 536 g/mol. The van der Waals surface area contributed by atoms with Gasteiger partial charge in [-0.15, -0.1) is 0 Å². The van der Waals surface area contributed by atoms with Crippen LogP contribution in [0, 0.1) is 24.7 Å². The lowest BCUT2D eigenvalue weighted by molar-refractivity contribution is -0.129. The highest BCUT2D eigenvalue weighted by Gasteiger charge is 2.34. The molecule has 3 aromatic carbocycles. The fourth-order valence-electron chi connectivity index (χ4n) is 6.88. The molecule has 226 valence electrons. The van der Waals surface area contributed by atoms with E-state index in [1.54, 1.807) is 31.4 Å². The number of Topliss-reactive ketones (excluding diaryl/α,β-unsaturated/α-hetero) is 4. The van der Waals surface area contributed by atoms with Crippen molar-refractivity contribution >= 4 is 23.1 Å². The van der Waals surface area contributed by atoms with Gasteiger partial charge in [0.1, 0.15) is 17.3 Å². The first-order valence-corrected chi connectivity index (χ1v) is 15.6. The molecule has 3 aromatic rings. The Kier molecular flexibility index (Phi) is 10.8. The van der Waals surface area contributed by atoms with Gasteiger partial charge in [-0.3, -0.25) is 19.2 Å². The SMILES string of the molecule is CCCC(CC1CC(=O)c2c(C)ccc(-c3ccc(CC(=O)c4ccc(OC)cc4)cc3)c2C1)C(CC)C(=O)CC(C)=O. The topological polar surface area (TPSA) is 77.5 Å². The van der Waals surface area contributed by atoms with Crippen molar-refractivity contribution in [3.8, 4) is 16.9 Å². The molecule has 0 amide bonds. The minimum absolute atomic E-state index is 0.00379. The minimum Gasteiger partial charge on any atom is -0.497 e. The zero-order valence-corrected chi connectivity index (χ0v) is 26.2. The highest BCUT2D eigenvalue weighted by Crippen LogP contribution is 2.40. The van der Waals surface area contributed by atoms with E-state index in [-0.39, 0.29) is 47.3 Å². The zero-order valence-electron chi connectivity index (χ0n) is 26.2. The van der Waals surface area contributed by atoms with Gasteiger partial charge in [-0.1, -0.05) is 63.1 Å². The molecule has 1 aliphatic rings. The maximum Gasteiger partial charge on any atom is 0.167 e. The van der Waals surface area contributed by atoms with E-state index in [0.29, 0.717) is 24.8 Å². The second-order valence-corrected chi connectivity index (χ2v) is 12.2. The van der Waals surface area contributed by atoms with Crippen LogP contribution in [0.25, 0.3) is 11.1 Å².